The van der Waals surface area contributed by atoms with Crippen molar-refractivity contribution in [2.75, 3.05) is 11.9 Å². The molecule has 0 aliphatic heterocycles. The summed E-state index contributed by atoms with van der Waals surface area (Å²) < 4.78 is 5.71. The topological polar surface area (TPSA) is 105 Å². The zero-order valence-electron chi connectivity index (χ0n) is 18.0. The minimum absolute atomic E-state index is 0.0716. The average Bonchev–Trinajstić information content (AvgIpc) is 2.79. The zero-order valence-corrected chi connectivity index (χ0v) is 18.7. The molecule has 3 aromatic rings. The maximum Gasteiger partial charge on any atom is 0.269 e. The predicted molar refractivity (Wildman–Crippen MR) is 128 cm³/mol. The highest BCUT2D eigenvalue weighted by Crippen LogP contribution is 2.28. The summed E-state index contributed by atoms with van der Waals surface area (Å²) in [6.07, 6.45) is 1.56. The Morgan fingerprint density at radius 1 is 1.15 bits per heavy atom. The van der Waals surface area contributed by atoms with Gasteiger partial charge in [-0.25, -0.2) is 0 Å². The van der Waals surface area contributed by atoms with Gasteiger partial charge in [0.2, 0.25) is 0 Å². The van der Waals surface area contributed by atoms with Gasteiger partial charge in [0.25, 0.3) is 11.6 Å². The number of hydrogen-bond acceptors (Lipinski definition) is 5. The molecule has 7 nitrogen and oxygen atoms in total. The second-order valence-corrected chi connectivity index (χ2v) is 7.75. The van der Waals surface area contributed by atoms with Gasteiger partial charge in [0.05, 0.1) is 16.6 Å². The number of nitrogens with one attached hydrogen (secondary N) is 1. The molecule has 166 valence electrons. The third-order valence-corrected chi connectivity index (χ3v) is 5.03. The molecule has 1 amide bonds. The smallest absolute Gasteiger partial charge is 0.269 e. The van der Waals surface area contributed by atoms with E-state index in [1.807, 2.05) is 32.0 Å². The van der Waals surface area contributed by atoms with E-state index in [0.29, 0.717) is 27.6 Å². The van der Waals surface area contributed by atoms with Crippen LogP contribution < -0.4 is 10.1 Å². The van der Waals surface area contributed by atoms with Gasteiger partial charge >= 0.3 is 0 Å². The zero-order chi connectivity index (χ0) is 24.0. The lowest BCUT2D eigenvalue weighted by atomic mass is 10.0. The van der Waals surface area contributed by atoms with Crippen LogP contribution in [-0.2, 0) is 4.79 Å². The minimum atomic E-state index is -0.508. The number of allylic oxidation sites excluding steroid dienone is 1. The van der Waals surface area contributed by atoms with Gasteiger partial charge in [-0.1, -0.05) is 29.3 Å². The van der Waals surface area contributed by atoms with Crippen LogP contribution in [0.3, 0.4) is 0 Å². The molecular formula is C25H20ClN3O4. The maximum atomic E-state index is 12.4. The van der Waals surface area contributed by atoms with E-state index in [2.05, 4.69) is 11.4 Å². The molecule has 0 fully saturated rings. The van der Waals surface area contributed by atoms with Crippen LogP contribution >= 0.6 is 11.6 Å². The summed E-state index contributed by atoms with van der Waals surface area (Å²) in [5.41, 5.74) is 3.93. The molecule has 8 heteroatoms. The number of rotatable bonds is 7. The number of hydrogen-bond donors (Lipinski definition) is 1. The van der Waals surface area contributed by atoms with Crippen molar-refractivity contribution in [2.24, 2.45) is 0 Å². The van der Waals surface area contributed by atoms with Gasteiger partial charge in [0.15, 0.2) is 6.61 Å². The second kappa shape index (κ2) is 10.4. The van der Waals surface area contributed by atoms with Gasteiger partial charge in [-0.15, -0.1) is 0 Å². The molecule has 0 bridgehead atoms. The van der Waals surface area contributed by atoms with Gasteiger partial charge in [-0.3, -0.25) is 14.9 Å². The Hall–Kier alpha value is -4.15. The molecule has 0 atom stereocenters. The number of anilines is 1. The summed E-state index contributed by atoms with van der Waals surface area (Å²) in [5, 5.41) is 23.7. The number of nitrogens with zero attached hydrogens (tertiary/aromatic N) is 2. The number of carbonyl (C=O) groups excluding carboxylic acids is 1. The lowest BCUT2D eigenvalue weighted by Gasteiger charge is -2.12. The highest BCUT2D eigenvalue weighted by molar-refractivity contribution is 6.30. The van der Waals surface area contributed by atoms with Gasteiger partial charge in [0.1, 0.15) is 5.75 Å². The van der Waals surface area contributed by atoms with Gasteiger partial charge in [-0.05, 0) is 67.4 Å². The number of amides is 1. The third-order valence-electron chi connectivity index (χ3n) is 4.80. The highest BCUT2D eigenvalue weighted by Gasteiger charge is 2.11. The van der Waals surface area contributed by atoms with Crippen LogP contribution in [0.4, 0.5) is 11.4 Å². The van der Waals surface area contributed by atoms with Crippen molar-refractivity contribution in [3.05, 3.63) is 98.1 Å². The number of aryl methyl sites for hydroxylation is 2. The van der Waals surface area contributed by atoms with E-state index in [1.54, 1.807) is 24.3 Å². The summed E-state index contributed by atoms with van der Waals surface area (Å²) in [5.74, 6) is 0.0348. The molecule has 3 rings (SSSR count). The molecule has 0 saturated carbocycles. The lowest BCUT2D eigenvalue weighted by molar-refractivity contribution is -0.384. The molecule has 3 aromatic carbocycles. The van der Waals surface area contributed by atoms with E-state index in [1.165, 1.54) is 24.3 Å². The predicted octanol–water partition coefficient (Wildman–Crippen LogP) is 5.95. The minimum Gasteiger partial charge on any atom is -0.483 e. The van der Waals surface area contributed by atoms with Gasteiger partial charge in [-0.2, -0.15) is 5.26 Å². The van der Waals surface area contributed by atoms with Crippen LogP contribution in [0.2, 0.25) is 5.02 Å². The van der Waals surface area contributed by atoms with E-state index in [0.717, 1.165) is 11.1 Å². The first-order valence-electron chi connectivity index (χ1n) is 9.93. The largest absolute Gasteiger partial charge is 0.483 e. The van der Waals surface area contributed by atoms with E-state index in [4.69, 9.17) is 16.3 Å². The fourth-order valence-electron chi connectivity index (χ4n) is 3.15. The first-order valence-corrected chi connectivity index (χ1v) is 10.3. The average molecular weight is 462 g/mol. The first kappa shape index (κ1) is 23.5. The highest BCUT2D eigenvalue weighted by atomic mass is 35.5. The molecule has 0 unspecified atom stereocenters. The number of non-ortho nitro benzene ring substituents is 1. The summed E-state index contributed by atoms with van der Waals surface area (Å²) in [6.45, 7) is 3.64. The standard InChI is InChI=1S/C25H20ClN3O4/c1-16-3-9-23(17(2)11-16)28-25(30)15-33-24-10-6-21(26)13-19(24)12-20(14-27)18-4-7-22(8-5-18)29(31)32/h3-13H,15H2,1-2H3,(H,28,30)/b20-12+. The van der Waals surface area contributed by atoms with Crippen molar-refractivity contribution in [1.82, 2.24) is 0 Å². The Bertz CT molecular complexity index is 1280. The number of nitro groups is 1. The van der Waals surface area contributed by atoms with Crippen molar-refractivity contribution in [2.45, 2.75) is 13.8 Å². The Labute approximate surface area is 196 Å². The van der Waals surface area contributed by atoms with Crippen molar-refractivity contribution in [3.8, 4) is 11.8 Å². The fraction of sp³-hybridized carbons (Fsp3) is 0.120. The number of benzene rings is 3. The van der Waals surface area contributed by atoms with E-state index in [-0.39, 0.29) is 23.8 Å². The van der Waals surface area contributed by atoms with Crippen LogP contribution in [-0.4, -0.2) is 17.4 Å². The molecular weight excluding hydrogens is 442 g/mol. The normalized spacial score (nSPS) is 10.9. The monoisotopic (exact) mass is 461 g/mol. The molecule has 0 heterocycles. The van der Waals surface area contributed by atoms with E-state index >= 15 is 0 Å². The molecule has 0 aromatic heterocycles. The summed E-state index contributed by atoms with van der Waals surface area (Å²) in [6, 6.07) is 18.3. The maximum absolute atomic E-state index is 12.4. The Balaban J connectivity index is 1.80. The van der Waals surface area contributed by atoms with Gasteiger partial charge in [0, 0.05) is 28.4 Å². The summed E-state index contributed by atoms with van der Waals surface area (Å²) in [7, 11) is 0. The molecule has 33 heavy (non-hydrogen) atoms. The molecule has 1 N–H and O–H groups in total. The molecule has 0 aliphatic carbocycles. The van der Waals surface area contributed by atoms with Crippen LogP contribution in [0.5, 0.6) is 5.75 Å². The van der Waals surface area contributed by atoms with Crippen LogP contribution in [0.15, 0.2) is 60.7 Å². The number of nitro benzene ring substituents is 1. The third kappa shape index (κ3) is 6.19. The quantitative estimate of drug-likeness (QED) is 0.202. The number of carbonyl (C=O) groups is 1. The molecule has 0 saturated heterocycles. The SMILES string of the molecule is Cc1ccc(NC(=O)COc2ccc(Cl)cc2/C=C(\C#N)c2ccc([N+](=O)[O-])cc2)c(C)c1. The van der Waals surface area contributed by atoms with Gasteiger partial charge < -0.3 is 10.1 Å². The van der Waals surface area contributed by atoms with Crippen LogP contribution in [0.1, 0.15) is 22.3 Å². The Morgan fingerprint density at radius 2 is 1.88 bits per heavy atom. The molecule has 0 aliphatic rings. The molecule has 0 radical (unpaired) electrons. The van der Waals surface area contributed by atoms with Crippen LogP contribution in [0, 0.1) is 35.3 Å². The summed E-state index contributed by atoms with van der Waals surface area (Å²) in [4.78, 5) is 22.8. The van der Waals surface area contributed by atoms with Crippen molar-refractivity contribution in [3.63, 3.8) is 0 Å². The lowest BCUT2D eigenvalue weighted by Crippen LogP contribution is -2.20. The van der Waals surface area contributed by atoms with E-state index in [9.17, 15) is 20.2 Å². The summed E-state index contributed by atoms with van der Waals surface area (Å²) >= 11 is 6.12. The second-order valence-electron chi connectivity index (χ2n) is 7.31. The van der Waals surface area contributed by atoms with Crippen molar-refractivity contribution < 1.29 is 14.5 Å². The number of halogens is 1. The number of ether oxygens (including phenoxy) is 1. The Morgan fingerprint density at radius 3 is 2.52 bits per heavy atom. The first-order chi connectivity index (χ1) is 15.8. The van der Waals surface area contributed by atoms with Crippen LogP contribution in [0.25, 0.3) is 11.6 Å². The van der Waals surface area contributed by atoms with Crippen molar-refractivity contribution >= 4 is 40.5 Å². The fourth-order valence-corrected chi connectivity index (χ4v) is 3.33. The van der Waals surface area contributed by atoms with E-state index < -0.39 is 4.92 Å². The number of nitriles is 1. The Kier molecular flexibility index (Phi) is 7.44. The van der Waals surface area contributed by atoms with Crippen molar-refractivity contribution in [1.29, 1.82) is 5.26 Å². The molecule has 0 spiro atoms.